The smallest absolute Gasteiger partial charge is 0.163 e. The van der Waals surface area contributed by atoms with Crippen molar-refractivity contribution in [3.63, 3.8) is 0 Å². The second-order valence-electron chi connectivity index (χ2n) is 6.24. The molecule has 0 aliphatic heterocycles. The molecule has 26 heavy (non-hydrogen) atoms. The predicted molar refractivity (Wildman–Crippen MR) is 105 cm³/mol. The number of rotatable bonds is 7. The predicted octanol–water partition coefficient (Wildman–Crippen LogP) is 5.97. The average Bonchev–Trinajstić information content (AvgIpc) is 2.69. The Balaban J connectivity index is 1.81. The average molecular weight is 363 g/mol. The zero-order valence-corrected chi connectivity index (χ0v) is 15.0. The van der Waals surface area contributed by atoms with Crippen LogP contribution in [0.25, 0.3) is 0 Å². The second kappa shape index (κ2) is 8.59. The van der Waals surface area contributed by atoms with E-state index in [4.69, 9.17) is 11.6 Å². The van der Waals surface area contributed by atoms with Crippen LogP contribution in [0.4, 0.5) is 0 Å². The number of ketones is 2. The number of hydrogen-bond acceptors (Lipinski definition) is 2. The molecule has 0 fully saturated rings. The topological polar surface area (TPSA) is 34.1 Å². The lowest BCUT2D eigenvalue weighted by atomic mass is 9.86. The van der Waals surface area contributed by atoms with Crippen molar-refractivity contribution in [2.45, 2.75) is 18.8 Å². The molecule has 0 amide bonds. The molecule has 2 nitrogen and oxygen atoms in total. The van der Waals surface area contributed by atoms with Gasteiger partial charge in [0, 0.05) is 29.0 Å². The van der Waals surface area contributed by atoms with Crippen molar-refractivity contribution in [1.82, 2.24) is 0 Å². The number of Topliss-reactive ketones (excluding diaryl/α,β-unsaturated/α-hetero) is 2. The monoisotopic (exact) mass is 362 g/mol. The van der Waals surface area contributed by atoms with Gasteiger partial charge in [-0.05, 0) is 35.7 Å². The Bertz CT molecular complexity index is 871. The maximum atomic E-state index is 12.7. The molecule has 0 heterocycles. The lowest BCUT2D eigenvalue weighted by molar-refractivity contribution is 0.0944. The minimum atomic E-state index is -0.160. The number of benzene rings is 3. The van der Waals surface area contributed by atoms with Crippen LogP contribution in [0.2, 0.25) is 5.02 Å². The first-order valence-corrected chi connectivity index (χ1v) is 8.93. The number of carbonyl (C=O) groups is 2. The van der Waals surface area contributed by atoms with Crippen LogP contribution in [-0.4, -0.2) is 11.6 Å². The van der Waals surface area contributed by atoms with Gasteiger partial charge < -0.3 is 0 Å². The van der Waals surface area contributed by atoms with Crippen LogP contribution in [0, 0.1) is 0 Å². The highest BCUT2D eigenvalue weighted by atomic mass is 35.5. The standard InChI is InChI=1S/C23H19ClO2/c24-21-13-11-19(12-14-21)23(26)16-20(17-7-3-1-4-8-17)15-22(25)18-9-5-2-6-10-18/h1-14,20H,15-16H2/t20-/m0/s1. The summed E-state index contributed by atoms with van der Waals surface area (Å²) in [7, 11) is 0. The summed E-state index contributed by atoms with van der Waals surface area (Å²) in [6.45, 7) is 0. The first kappa shape index (κ1) is 18.1. The third kappa shape index (κ3) is 4.68. The van der Waals surface area contributed by atoms with Gasteiger partial charge in [-0.1, -0.05) is 72.3 Å². The van der Waals surface area contributed by atoms with E-state index in [9.17, 15) is 9.59 Å². The highest BCUT2D eigenvalue weighted by Gasteiger charge is 2.21. The quantitative estimate of drug-likeness (QED) is 0.485. The minimum Gasteiger partial charge on any atom is -0.294 e. The SMILES string of the molecule is O=C(C[C@@H](CC(=O)c1ccc(Cl)cc1)c1ccccc1)c1ccccc1. The Labute approximate surface area is 158 Å². The van der Waals surface area contributed by atoms with Crippen LogP contribution < -0.4 is 0 Å². The molecule has 130 valence electrons. The second-order valence-corrected chi connectivity index (χ2v) is 6.67. The maximum Gasteiger partial charge on any atom is 0.163 e. The Morgan fingerprint density at radius 1 is 0.654 bits per heavy atom. The van der Waals surface area contributed by atoms with Gasteiger partial charge >= 0.3 is 0 Å². The van der Waals surface area contributed by atoms with E-state index in [0.29, 0.717) is 22.6 Å². The molecule has 3 aromatic rings. The molecule has 0 radical (unpaired) electrons. The van der Waals surface area contributed by atoms with Gasteiger partial charge in [0.2, 0.25) is 0 Å². The Hall–Kier alpha value is -2.71. The molecule has 0 aliphatic carbocycles. The molecule has 3 heteroatoms. The van der Waals surface area contributed by atoms with Crippen LogP contribution in [0.1, 0.15) is 45.0 Å². The molecule has 0 aliphatic rings. The van der Waals surface area contributed by atoms with E-state index in [0.717, 1.165) is 5.56 Å². The zero-order valence-electron chi connectivity index (χ0n) is 14.3. The third-order valence-corrected chi connectivity index (χ3v) is 4.65. The summed E-state index contributed by atoms with van der Waals surface area (Å²) in [5, 5.41) is 0.598. The van der Waals surface area contributed by atoms with Crippen LogP contribution in [0.15, 0.2) is 84.9 Å². The van der Waals surface area contributed by atoms with Gasteiger partial charge in [-0.15, -0.1) is 0 Å². The normalized spacial score (nSPS) is 11.7. The maximum absolute atomic E-state index is 12.7. The highest BCUT2D eigenvalue weighted by Crippen LogP contribution is 2.27. The summed E-state index contributed by atoms with van der Waals surface area (Å²) in [6, 6.07) is 25.8. The van der Waals surface area contributed by atoms with Crippen LogP contribution in [0.3, 0.4) is 0 Å². The van der Waals surface area contributed by atoms with E-state index >= 15 is 0 Å². The summed E-state index contributed by atoms with van der Waals surface area (Å²) in [5.41, 5.74) is 2.29. The van der Waals surface area contributed by atoms with Crippen LogP contribution >= 0.6 is 11.6 Å². The molecule has 1 atom stereocenters. The fourth-order valence-corrected chi connectivity index (χ4v) is 3.10. The third-order valence-electron chi connectivity index (χ3n) is 4.40. The van der Waals surface area contributed by atoms with Gasteiger partial charge in [0.25, 0.3) is 0 Å². The lowest BCUT2D eigenvalue weighted by Crippen LogP contribution is -2.12. The Morgan fingerprint density at radius 2 is 1.12 bits per heavy atom. The van der Waals surface area contributed by atoms with Crippen molar-refractivity contribution in [2.24, 2.45) is 0 Å². The van der Waals surface area contributed by atoms with E-state index in [-0.39, 0.29) is 23.9 Å². The number of hydrogen-bond donors (Lipinski definition) is 0. The summed E-state index contributed by atoms with van der Waals surface area (Å²) in [5.74, 6) is -0.105. The molecular weight excluding hydrogens is 344 g/mol. The number of carbonyl (C=O) groups excluding carboxylic acids is 2. The first-order chi connectivity index (χ1) is 12.6. The molecule has 3 rings (SSSR count). The molecule has 3 aromatic carbocycles. The zero-order chi connectivity index (χ0) is 18.4. The fourth-order valence-electron chi connectivity index (χ4n) is 2.98. The van der Waals surface area contributed by atoms with Gasteiger partial charge in [0.15, 0.2) is 11.6 Å². The van der Waals surface area contributed by atoms with Crippen molar-refractivity contribution in [1.29, 1.82) is 0 Å². The van der Waals surface area contributed by atoms with E-state index in [1.165, 1.54) is 0 Å². The summed E-state index contributed by atoms with van der Waals surface area (Å²) in [4.78, 5) is 25.4. The summed E-state index contributed by atoms with van der Waals surface area (Å²) < 4.78 is 0. The van der Waals surface area contributed by atoms with Gasteiger partial charge in [0.1, 0.15) is 0 Å². The van der Waals surface area contributed by atoms with Crippen LogP contribution in [0.5, 0.6) is 0 Å². The van der Waals surface area contributed by atoms with Crippen LogP contribution in [-0.2, 0) is 0 Å². The molecule has 0 saturated heterocycles. The van der Waals surface area contributed by atoms with Crippen molar-refractivity contribution in [2.75, 3.05) is 0 Å². The molecule has 0 saturated carbocycles. The Kier molecular flexibility index (Phi) is 5.98. The highest BCUT2D eigenvalue weighted by molar-refractivity contribution is 6.30. The van der Waals surface area contributed by atoms with Gasteiger partial charge in [-0.3, -0.25) is 9.59 Å². The van der Waals surface area contributed by atoms with E-state index in [2.05, 4.69) is 0 Å². The minimum absolute atomic E-state index is 0.0105. The lowest BCUT2D eigenvalue weighted by Gasteiger charge is -2.16. The molecule has 0 N–H and O–H groups in total. The summed E-state index contributed by atoms with van der Waals surface area (Å²) in [6.07, 6.45) is 0.581. The van der Waals surface area contributed by atoms with Crippen molar-refractivity contribution < 1.29 is 9.59 Å². The Morgan fingerprint density at radius 3 is 1.65 bits per heavy atom. The van der Waals surface area contributed by atoms with Crippen molar-refractivity contribution >= 4 is 23.2 Å². The van der Waals surface area contributed by atoms with Gasteiger partial charge in [-0.2, -0.15) is 0 Å². The molecule has 0 aromatic heterocycles. The molecule has 0 bridgehead atoms. The number of halogens is 1. The molecule has 0 spiro atoms. The van der Waals surface area contributed by atoms with Gasteiger partial charge in [0.05, 0.1) is 0 Å². The molecule has 0 unspecified atom stereocenters. The van der Waals surface area contributed by atoms with E-state index in [1.807, 2.05) is 60.7 Å². The van der Waals surface area contributed by atoms with Crippen molar-refractivity contribution in [3.8, 4) is 0 Å². The van der Waals surface area contributed by atoms with Crippen molar-refractivity contribution in [3.05, 3.63) is 107 Å². The first-order valence-electron chi connectivity index (χ1n) is 8.55. The largest absolute Gasteiger partial charge is 0.294 e. The van der Waals surface area contributed by atoms with Gasteiger partial charge in [-0.25, -0.2) is 0 Å². The summed E-state index contributed by atoms with van der Waals surface area (Å²) >= 11 is 5.90. The van der Waals surface area contributed by atoms with E-state index in [1.54, 1.807) is 24.3 Å². The van der Waals surface area contributed by atoms with E-state index < -0.39 is 0 Å². The fraction of sp³-hybridized carbons (Fsp3) is 0.130. The molecular formula is C23H19ClO2.